The van der Waals surface area contributed by atoms with Crippen molar-refractivity contribution in [3.63, 3.8) is 0 Å². The highest BCUT2D eigenvalue weighted by molar-refractivity contribution is 5.80. The molecule has 0 bridgehead atoms. The lowest BCUT2D eigenvalue weighted by molar-refractivity contribution is -0.131. The molecule has 1 aromatic rings. The molecule has 7 nitrogen and oxygen atoms in total. The molecule has 1 aromatic carbocycles. The molecule has 3 rings (SSSR count). The van der Waals surface area contributed by atoms with Gasteiger partial charge in [-0.05, 0) is 37.5 Å². The van der Waals surface area contributed by atoms with Gasteiger partial charge in [-0.15, -0.1) is 0 Å². The van der Waals surface area contributed by atoms with E-state index in [1.807, 2.05) is 0 Å². The quantitative estimate of drug-likeness (QED) is 0.781. The van der Waals surface area contributed by atoms with Crippen molar-refractivity contribution in [3.05, 3.63) is 29.8 Å². The maximum absolute atomic E-state index is 12.3. The number of aliphatic hydroxyl groups is 1. The van der Waals surface area contributed by atoms with Gasteiger partial charge in [0.15, 0.2) is 0 Å². The maximum atomic E-state index is 12.3. The summed E-state index contributed by atoms with van der Waals surface area (Å²) >= 11 is 0. The Labute approximate surface area is 173 Å². The summed E-state index contributed by atoms with van der Waals surface area (Å²) in [6, 6.07) is 8.47. The Bertz CT molecular complexity index is 731. The third-order valence-electron chi connectivity index (χ3n) is 6.25. The van der Waals surface area contributed by atoms with Crippen molar-refractivity contribution >= 4 is 17.5 Å². The Kier molecular flexibility index (Phi) is 6.80. The van der Waals surface area contributed by atoms with Crippen molar-refractivity contribution in [2.24, 2.45) is 5.92 Å². The average molecular weight is 403 g/mol. The van der Waals surface area contributed by atoms with Crippen molar-refractivity contribution < 1.29 is 14.7 Å². The minimum absolute atomic E-state index is 0.00840. The number of β-amino-alcohol motifs (C(OH)–C–C–N with tert-alkyl or cyclic N) is 1. The van der Waals surface area contributed by atoms with Crippen LogP contribution in [0.25, 0.3) is 0 Å². The molecule has 2 N–H and O–H groups in total. The molecule has 0 saturated carbocycles. The van der Waals surface area contributed by atoms with Crippen LogP contribution >= 0.6 is 0 Å². The van der Waals surface area contributed by atoms with Gasteiger partial charge in [0.1, 0.15) is 0 Å². The van der Waals surface area contributed by atoms with Crippen LogP contribution in [0.1, 0.15) is 25.3 Å². The zero-order chi connectivity index (χ0) is 21.0. The van der Waals surface area contributed by atoms with Crippen LogP contribution in [0, 0.1) is 12.8 Å². The molecule has 2 fully saturated rings. The standard InChI is InChI=1S/C22H34N4O3/c1-17-5-4-6-20(13-17)25-9-7-22(29,8-10-25)16-24-11-12-26(18(2)27)15-19(14-24)21(28)23-3/h4-6,13,19,29H,7-12,14-16H2,1-3H3,(H,23,28)/t19-/m0/s1. The first-order valence-electron chi connectivity index (χ1n) is 10.5. The van der Waals surface area contributed by atoms with Gasteiger partial charge in [-0.1, -0.05) is 12.1 Å². The lowest BCUT2D eigenvalue weighted by Gasteiger charge is -2.42. The number of nitrogens with one attached hydrogen (secondary N) is 1. The van der Waals surface area contributed by atoms with E-state index in [2.05, 4.69) is 46.3 Å². The van der Waals surface area contributed by atoms with Crippen molar-refractivity contribution in [3.8, 4) is 0 Å². The number of rotatable bonds is 4. The molecular formula is C22H34N4O3. The monoisotopic (exact) mass is 402 g/mol. The first-order valence-corrected chi connectivity index (χ1v) is 10.5. The summed E-state index contributed by atoms with van der Waals surface area (Å²) < 4.78 is 0. The second-order valence-electron chi connectivity index (χ2n) is 8.56. The Morgan fingerprint density at radius 1 is 1.17 bits per heavy atom. The van der Waals surface area contributed by atoms with E-state index in [1.54, 1.807) is 18.9 Å². The predicted octanol–water partition coefficient (Wildman–Crippen LogP) is 0.853. The molecule has 7 heteroatoms. The van der Waals surface area contributed by atoms with Crippen LogP contribution in [0.2, 0.25) is 0 Å². The fourth-order valence-electron chi connectivity index (χ4n) is 4.46. The molecule has 0 aliphatic carbocycles. The van der Waals surface area contributed by atoms with Gasteiger partial charge in [0.2, 0.25) is 11.8 Å². The van der Waals surface area contributed by atoms with E-state index in [9.17, 15) is 14.7 Å². The number of aryl methyl sites for hydroxylation is 1. The molecule has 2 aliphatic rings. The minimum atomic E-state index is -0.765. The highest BCUT2D eigenvalue weighted by Gasteiger charge is 2.37. The van der Waals surface area contributed by atoms with Gasteiger partial charge >= 0.3 is 0 Å². The van der Waals surface area contributed by atoms with Gasteiger partial charge in [0.25, 0.3) is 0 Å². The molecule has 2 heterocycles. The highest BCUT2D eigenvalue weighted by Crippen LogP contribution is 2.28. The number of carbonyl (C=O) groups excluding carboxylic acids is 2. The van der Waals surface area contributed by atoms with Crippen LogP contribution in [0.15, 0.2) is 24.3 Å². The number of nitrogens with zero attached hydrogens (tertiary/aromatic N) is 3. The molecule has 0 unspecified atom stereocenters. The first-order chi connectivity index (χ1) is 13.8. The molecule has 2 amide bonds. The largest absolute Gasteiger partial charge is 0.388 e. The van der Waals surface area contributed by atoms with Crippen molar-refractivity contribution in [2.75, 3.05) is 57.8 Å². The van der Waals surface area contributed by atoms with E-state index >= 15 is 0 Å². The summed E-state index contributed by atoms with van der Waals surface area (Å²) in [5, 5.41) is 14.0. The van der Waals surface area contributed by atoms with E-state index in [0.29, 0.717) is 45.6 Å². The zero-order valence-corrected chi connectivity index (χ0v) is 17.9. The summed E-state index contributed by atoms with van der Waals surface area (Å²) in [5.41, 5.74) is 1.68. The predicted molar refractivity (Wildman–Crippen MR) is 114 cm³/mol. The first kappa shape index (κ1) is 21.6. The number of piperidine rings is 1. The molecular weight excluding hydrogens is 368 g/mol. The Balaban J connectivity index is 1.62. The van der Waals surface area contributed by atoms with Crippen LogP contribution in [-0.4, -0.2) is 85.2 Å². The minimum Gasteiger partial charge on any atom is -0.388 e. The normalized spacial score (nSPS) is 22.8. The van der Waals surface area contributed by atoms with E-state index in [-0.39, 0.29) is 17.7 Å². The summed E-state index contributed by atoms with van der Waals surface area (Å²) in [4.78, 5) is 30.4. The number of benzene rings is 1. The third kappa shape index (κ3) is 5.48. The Morgan fingerprint density at radius 3 is 2.52 bits per heavy atom. The van der Waals surface area contributed by atoms with Gasteiger partial charge in [-0.2, -0.15) is 0 Å². The van der Waals surface area contributed by atoms with E-state index in [4.69, 9.17) is 0 Å². The Morgan fingerprint density at radius 2 is 1.90 bits per heavy atom. The number of hydrogen-bond donors (Lipinski definition) is 2. The number of carbonyl (C=O) groups is 2. The van der Waals surface area contributed by atoms with Crippen molar-refractivity contribution in [2.45, 2.75) is 32.3 Å². The molecule has 29 heavy (non-hydrogen) atoms. The summed E-state index contributed by atoms with van der Waals surface area (Å²) in [6.45, 7) is 8.07. The third-order valence-corrected chi connectivity index (χ3v) is 6.25. The molecule has 2 aliphatic heterocycles. The second kappa shape index (κ2) is 9.13. The molecule has 1 atom stereocenters. The lowest BCUT2D eigenvalue weighted by Crippen LogP contribution is -2.52. The SMILES string of the molecule is CNC(=O)[C@H]1CN(CC2(O)CCN(c3cccc(C)c3)CC2)CCN(C(C)=O)C1. The van der Waals surface area contributed by atoms with Gasteiger partial charge < -0.3 is 20.2 Å². The fraction of sp³-hybridized carbons (Fsp3) is 0.636. The van der Waals surface area contributed by atoms with Gasteiger partial charge in [-0.25, -0.2) is 0 Å². The molecule has 0 radical (unpaired) electrons. The van der Waals surface area contributed by atoms with Gasteiger partial charge in [0.05, 0.1) is 11.5 Å². The van der Waals surface area contributed by atoms with Gasteiger partial charge in [0, 0.05) is 65.5 Å². The van der Waals surface area contributed by atoms with E-state index in [1.165, 1.54) is 11.3 Å². The topological polar surface area (TPSA) is 76.1 Å². The van der Waals surface area contributed by atoms with E-state index < -0.39 is 5.60 Å². The highest BCUT2D eigenvalue weighted by atomic mass is 16.3. The van der Waals surface area contributed by atoms with Crippen LogP contribution < -0.4 is 10.2 Å². The molecule has 2 saturated heterocycles. The Hall–Kier alpha value is -2.12. The summed E-state index contributed by atoms with van der Waals surface area (Å²) in [6.07, 6.45) is 1.39. The number of hydrogen-bond acceptors (Lipinski definition) is 5. The average Bonchev–Trinajstić information content (AvgIpc) is 2.90. The molecule has 160 valence electrons. The number of anilines is 1. The van der Waals surface area contributed by atoms with Crippen LogP contribution in [-0.2, 0) is 9.59 Å². The fourth-order valence-corrected chi connectivity index (χ4v) is 4.46. The number of amides is 2. The lowest BCUT2D eigenvalue weighted by atomic mass is 9.90. The summed E-state index contributed by atoms with van der Waals surface area (Å²) in [7, 11) is 1.63. The summed E-state index contributed by atoms with van der Waals surface area (Å²) in [5.74, 6) is -0.335. The van der Waals surface area contributed by atoms with Crippen molar-refractivity contribution in [1.82, 2.24) is 15.1 Å². The van der Waals surface area contributed by atoms with Crippen LogP contribution in [0.3, 0.4) is 0 Å². The van der Waals surface area contributed by atoms with E-state index in [0.717, 1.165) is 13.1 Å². The second-order valence-corrected chi connectivity index (χ2v) is 8.56. The van der Waals surface area contributed by atoms with Crippen LogP contribution in [0.4, 0.5) is 5.69 Å². The molecule has 0 aromatic heterocycles. The maximum Gasteiger partial charge on any atom is 0.225 e. The van der Waals surface area contributed by atoms with Crippen LogP contribution in [0.5, 0.6) is 0 Å². The molecule has 0 spiro atoms. The van der Waals surface area contributed by atoms with Gasteiger partial charge in [-0.3, -0.25) is 14.5 Å². The smallest absolute Gasteiger partial charge is 0.225 e. The van der Waals surface area contributed by atoms with Crippen molar-refractivity contribution in [1.29, 1.82) is 0 Å². The zero-order valence-electron chi connectivity index (χ0n) is 17.9.